The number of hydrogen-bond acceptors (Lipinski definition) is 4. The SMILES string of the molecule is CCOC(=O)c1nc(-c2ccc(Cl)c(F)c2)n[nH]1. The van der Waals surface area contributed by atoms with Crippen LogP contribution >= 0.6 is 11.6 Å². The smallest absolute Gasteiger partial charge is 0.375 e. The molecule has 0 aliphatic rings. The lowest BCUT2D eigenvalue weighted by molar-refractivity contribution is 0.0512. The van der Waals surface area contributed by atoms with Crippen LogP contribution in [0.4, 0.5) is 4.39 Å². The molecule has 1 aromatic carbocycles. The minimum absolute atomic E-state index is 0.0138. The van der Waals surface area contributed by atoms with E-state index in [2.05, 4.69) is 15.2 Å². The van der Waals surface area contributed by atoms with Crippen LogP contribution in [0.25, 0.3) is 11.4 Å². The fourth-order valence-corrected chi connectivity index (χ4v) is 1.43. The number of aromatic amines is 1. The van der Waals surface area contributed by atoms with Crippen molar-refractivity contribution in [1.29, 1.82) is 0 Å². The van der Waals surface area contributed by atoms with E-state index in [1.807, 2.05) is 0 Å². The second-order valence-electron chi connectivity index (χ2n) is 3.36. The molecule has 1 heterocycles. The zero-order chi connectivity index (χ0) is 13.1. The second kappa shape index (κ2) is 5.14. The molecule has 2 rings (SSSR count). The van der Waals surface area contributed by atoms with E-state index >= 15 is 0 Å². The standard InChI is InChI=1S/C11H9ClFN3O2/c1-2-18-11(17)10-14-9(15-16-10)6-3-4-7(12)8(13)5-6/h3-5H,2H2,1H3,(H,14,15,16). The van der Waals surface area contributed by atoms with Gasteiger partial charge in [-0.05, 0) is 25.1 Å². The summed E-state index contributed by atoms with van der Waals surface area (Å²) in [5.74, 6) is -1.00. The van der Waals surface area contributed by atoms with Crippen molar-refractivity contribution in [3.05, 3.63) is 34.9 Å². The van der Waals surface area contributed by atoms with Gasteiger partial charge in [0.1, 0.15) is 5.82 Å². The van der Waals surface area contributed by atoms with Gasteiger partial charge in [-0.15, -0.1) is 0 Å². The molecule has 0 saturated carbocycles. The molecular formula is C11H9ClFN3O2. The van der Waals surface area contributed by atoms with E-state index in [1.165, 1.54) is 12.1 Å². The van der Waals surface area contributed by atoms with Crippen LogP contribution in [0.5, 0.6) is 0 Å². The first-order chi connectivity index (χ1) is 8.61. The summed E-state index contributed by atoms with van der Waals surface area (Å²) in [5, 5.41) is 6.26. The molecule has 0 aliphatic heterocycles. The topological polar surface area (TPSA) is 67.9 Å². The average molecular weight is 270 g/mol. The number of rotatable bonds is 3. The number of aromatic nitrogens is 3. The summed E-state index contributed by atoms with van der Waals surface area (Å²) in [6, 6.07) is 4.15. The lowest BCUT2D eigenvalue weighted by Crippen LogP contribution is -2.06. The average Bonchev–Trinajstić information content (AvgIpc) is 2.82. The summed E-state index contributed by atoms with van der Waals surface area (Å²) in [6.07, 6.45) is 0. The Morgan fingerprint density at radius 2 is 2.33 bits per heavy atom. The summed E-state index contributed by atoms with van der Waals surface area (Å²) >= 11 is 5.57. The van der Waals surface area contributed by atoms with Gasteiger partial charge >= 0.3 is 5.97 Å². The van der Waals surface area contributed by atoms with Gasteiger partial charge in [0.2, 0.25) is 5.82 Å². The number of carbonyl (C=O) groups is 1. The Morgan fingerprint density at radius 1 is 1.56 bits per heavy atom. The van der Waals surface area contributed by atoms with E-state index in [9.17, 15) is 9.18 Å². The summed E-state index contributed by atoms with van der Waals surface area (Å²) in [6.45, 7) is 1.92. The highest BCUT2D eigenvalue weighted by Crippen LogP contribution is 2.21. The van der Waals surface area contributed by atoms with Crippen molar-refractivity contribution < 1.29 is 13.9 Å². The lowest BCUT2D eigenvalue weighted by Gasteiger charge is -1.97. The van der Waals surface area contributed by atoms with Crippen molar-refractivity contribution >= 4 is 17.6 Å². The molecule has 94 valence electrons. The van der Waals surface area contributed by atoms with Gasteiger partial charge in [0.25, 0.3) is 0 Å². The molecule has 0 atom stereocenters. The maximum absolute atomic E-state index is 13.3. The minimum atomic E-state index is -0.606. The third-order valence-corrected chi connectivity index (χ3v) is 2.44. The van der Waals surface area contributed by atoms with Gasteiger partial charge < -0.3 is 4.74 Å². The molecule has 5 nitrogen and oxygen atoms in total. The van der Waals surface area contributed by atoms with Crippen LogP contribution in [-0.4, -0.2) is 27.8 Å². The number of hydrogen-bond donors (Lipinski definition) is 1. The lowest BCUT2D eigenvalue weighted by atomic mass is 10.2. The number of nitrogens with one attached hydrogen (secondary N) is 1. The summed E-state index contributed by atoms with van der Waals surface area (Å²) in [4.78, 5) is 15.3. The molecule has 0 bridgehead atoms. The fourth-order valence-electron chi connectivity index (χ4n) is 1.32. The highest BCUT2D eigenvalue weighted by atomic mass is 35.5. The van der Waals surface area contributed by atoms with Crippen LogP contribution < -0.4 is 0 Å². The molecule has 0 aliphatic carbocycles. The van der Waals surface area contributed by atoms with Crippen LogP contribution in [0, 0.1) is 5.82 Å². The van der Waals surface area contributed by atoms with Crippen molar-refractivity contribution in [3.63, 3.8) is 0 Å². The zero-order valence-electron chi connectivity index (χ0n) is 9.41. The normalized spacial score (nSPS) is 10.4. The van der Waals surface area contributed by atoms with E-state index in [0.29, 0.717) is 5.56 Å². The molecular weight excluding hydrogens is 261 g/mol. The van der Waals surface area contributed by atoms with Crippen LogP contribution in [-0.2, 0) is 4.74 Å². The zero-order valence-corrected chi connectivity index (χ0v) is 10.2. The fraction of sp³-hybridized carbons (Fsp3) is 0.182. The molecule has 0 radical (unpaired) electrons. The number of ether oxygens (including phenoxy) is 1. The Hall–Kier alpha value is -1.95. The molecule has 0 spiro atoms. The monoisotopic (exact) mass is 269 g/mol. The molecule has 1 N–H and O–H groups in total. The highest BCUT2D eigenvalue weighted by Gasteiger charge is 2.14. The summed E-state index contributed by atoms with van der Waals surface area (Å²) in [5.41, 5.74) is 0.420. The molecule has 1 aromatic heterocycles. The Morgan fingerprint density at radius 3 is 3.00 bits per heavy atom. The predicted octanol–water partition coefficient (Wildman–Crippen LogP) is 2.44. The van der Waals surface area contributed by atoms with Crippen LogP contribution in [0.3, 0.4) is 0 Å². The van der Waals surface area contributed by atoms with E-state index in [0.717, 1.165) is 0 Å². The Balaban J connectivity index is 2.29. The quantitative estimate of drug-likeness (QED) is 0.869. The highest BCUT2D eigenvalue weighted by molar-refractivity contribution is 6.30. The number of esters is 1. The molecule has 7 heteroatoms. The van der Waals surface area contributed by atoms with Gasteiger partial charge in [0.05, 0.1) is 11.6 Å². The third-order valence-electron chi connectivity index (χ3n) is 2.13. The second-order valence-corrected chi connectivity index (χ2v) is 3.76. The van der Waals surface area contributed by atoms with Gasteiger partial charge in [0, 0.05) is 5.56 Å². The largest absolute Gasteiger partial charge is 0.460 e. The third kappa shape index (κ3) is 2.48. The van der Waals surface area contributed by atoms with Gasteiger partial charge in [-0.2, -0.15) is 5.10 Å². The van der Waals surface area contributed by atoms with Crippen molar-refractivity contribution in [1.82, 2.24) is 15.2 Å². The van der Waals surface area contributed by atoms with Crippen LogP contribution in [0.1, 0.15) is 17.5 Å². The number of benzene rings is 1. The van der Waals surface area contributed by atoms with E-state index in [1.54, 1.807) is 13.0 Å². The van der Waals surface area contributed by atoms with E-state index in [4.69, 9.17) is 16.3 Å². The number of H-pyrrole nitrogens is 1. The van der Waals surface area contributed by atoms with Crippen molar-refractivity contribution in [3.8, 4) is 11.4 Å². The first-order valence-electron chi connectivity index (χ1n) is 5.16. The first-order valence-corrected chi connectivity index (χ1v) is 5.54. The molecule has 0 saturated heterocycles. The Kier molecular flexibility index (Phi) is 3.57. The van der Waals surface area contributed by atoms with E-state index in [-0.39, 0.29) is 23.3 Å². The van der Waals surface area contributed by atoms with Gasteiger partial charge in [-0.3, -0.25) is 5.10 Å². The summed E-state index contributed by atoms with van der Waals surface area (Å²) < 4.78 is 18.0. The van der Waals surface area contributed by atoms with Gasteiger partial charge in [-0.25, -0.2) is 14.2 Å². The number of nitrogens with zero attached hydrogens (tertiary/aromatic N) is 2. The molecule has 2 aromatic rings. The minimum Gasteiger partial charge on any atom is -0.460 e. The summed E-state index contributed by atoms with van der Waals surface area (Å²) in [7, 11) is 0. The van der Waals surface area contributed by atoms with E-state index < -0.39 is 11.8 Å². The molecule has 0 fully saturated rings. The Labute approximate surface area is 107 Å². The van der Waals surface area contributed by atoms with Crippen molar-refractivity contribution in [2.45, 2.75) is 6.92 Å². The maximum atomic E-state index is 13.3. The molecule has 0 amide bonds. The van der Waals surface area contributed by atoms with Crippen LogP contribution in [0.15, 0.2) is 18.2 Å². The van der Waals surface area contributed by atoms with Crippen LogP contribution in [0.2, 0.25) is 5.02 Å². The number of halogens is 2. The molecule has 0 unspecified atom stereocenters. The molecule has 18 heavy (non-hydrogen) atoms. The number of carbonyl (C=O) groups excluding carboxylic acids is 1. The van der Waals surface area contributed by atoms with Gasteiger partial charge in [0.15, 0.2) is 5.82 Å². The Bertz CT molecular complexity index is 585. The van der Waals surface area contributed by atoms with Crippen molar-refractivity contribution in [2.24, 2.45) is 0 Å². The maximum Gasteiger partial charge on any atom is 0.375 e. The first kappa shape index (κ1) is 12.5. The predicted molar refractivity (Wildman–Crippen MR) is 62.7 cm³/mol. The van der Waals surface area contributed by atoms with Crippen molar-refractivity contribution in [2.75, 3.05) is 6.61 Å². The van der Waals surface area contributed by atoms with Gasteiger partial charge in [-0.1, -0.05) is 11.6 Å².